The van der Waals surface area contributed by atoms with Crippen molar-refractivity contribution in [3.63, 3.8) is 0 Å². The first kappa shape index (κ1) is 15.1. The molecule has 0 aliphatic carbocycles. The standard InChI is InChI=1S/C16H26N2O2/c1-3-12-4-5-18(14(6-12)10-17)11(2)13-7-15(19)9-16(20)8-13/h7-9,11-12,14,19-20H,3-6,10,17H2,1-2H3. The van der Waals surface area contributed by atoms with Gasteiger partial charge < -0.3 is 15.9 Å². The van der Waals surface area contributed by atoms with Crippen LogP contribution in [0.15, 0.2) is 18.2 Å². The molecule has 4 N–H and O–H groups in total. The predicted molar refractivity (Wildman–Crippen MR) is 80.8 cm³/mol. The van der Waals surface area contributed by atoms with Crippen molar-refractivity contribution < 1.29 is 10.2 Å². The quantitative estimate of drug-likeness (QED) is 0.792. The van der Waals surface area contributed by atoms with Crippen LogP contribution in [0.25, 0.3) is 0 Å². The Morgan fingerprint density at radius 2 is 1.95 bits per heavy atom. The third-order valence-corrected chi connectivity index (χ3v) is 4.62. The van der Waals surface area contributed by atoms with E-state index >= 15 is 0 Å². The van der Waals surface area contributed by atoms with Gasteiger partial charge in [0.15, 0.2) is 0 Å². The number of rotatable bonds is 4. The number of nitrogens with zero attached hydrogens (tertiary/aromatic N) is 1. The van der Waals surface area contributed by atoms with Crippen LogP contribution in [-0.2, 0) is 0 Å². The maximum Gasteiger partial charge on any atom is 0.119 e. The van der Waals surface area contributed by atoms with Crippen LogP contribution in [0.5, 0.6) is 11.5 Å². The van der Waals surface area contributed by atoms with Crippen LogP contribution in [0.1, 0.15) is 44.7 Å². The molecule has 0 saturated carbocycles. The maximum atomic E-state index is 9.64. The summed E-state index contributed by atoms with van der Waals surface area (Å²) in [7, 11) is 0. The van der Waals surface area contributed by atoms with Crippen molar-refractivity contribution in [2.24, 2.45) is 11.7 Å². The first-order chi connectivity index (χ1) is 9.55. The lowest BCUT2D eigenvalue weighted by atomic mass is 9.87. The topological polar surface area (TPSA) is 69.7 Å². The van der Waals surface area contributed by atoms with E-state index in [9.17, 15) is 10.2 Å². The van der Waals surface area contributed by atoms with Crippen LogP contribution in [0.2, 0.25) is 0 Å². The van der Waals surface area contributed by atoms with E-state index in [0.717, 1.165) is 24.4 Å². The second-order valence-corrected chi connectivity index (χ2v) is 5.88. The molecule has 1 aliphatic rings. The smallest absolute Gasteiger partial charge is 0.119 e. The molecule has 1 fully saturated rings. The van der Waals surface area contributed by atoms with Crippen LogP contribution in [-0.4, -0.2) is 34.2 Å². The lowest BCUT2D eigenvalue weighted by Gasteiger charge is -2.42. The van der Waals surface area contributed by atoms with Crippen LogP contribution in [0.4, 0.5) is 0 Å². The van der Waals surface area contributed by atoms with Gasteiger partial charge >= 0.3 is 0 Å². The zero-order valence-corrected chi connectivity index (χ0v) is 12.4. The largest absolute Gasteiger partial charge is 0.508 e. The Hall–Kier alpha value is -1.26. The number of hydrogen-bond donors (Lipinski definition) is 3. The molecule has 3 atom stereocenters. The number of nitrogens with two attached hydrogens (primary N) is 1. The number of aromatic hydroxyl groups is 2. The van der Waals surface area contributed by atoms with E-state index in [-0.39, 0.29) is 17.5 Å². The number of likely N-dealkylation sites (tertiary alicyclic amines) is 1. The molecule has 0 spiro atoms. The molecule has 3 unspecified atom stereocenters. The normalized spacial score (nSPS) is 25.6. The molecule has 4 nitrogen and oxygen atoms in total. The average Bonchev–Trinajstić information content (AvgIpc) is 2.44. The molecule has 1 saturated heterocycles. The monoisotopic (exact) mass is 278 g/mol. The molecule has 2 rings (SSSR count). The van der Waals surface area contributed by atoms with Crippen LogP contribution in [0.3, 0.4) is 0 Å². The van der Waals surface area contributed by atoms with Gasteiger partial charge in [-0.3, -0.25) is 4.90 Å². The van der Waals surface area contributed by atoms with Crippen molar-refractivity contribution in [1.82, 2.24) is 4.90 Å². The zero-order chi connectivity index (χ0) is 14.7. The van der Waals surface area contributed by atoms with Gasteiger partial charge in [0.1, 0.15) is 11.5 Å². The first-order valence-corrected chi connectivity index (χ1v) is 7.53. The summed E-state index contributed by atoms with van der Waals surface area (Å²) in [4.78, 5) is 2.40. The Bertz CT molecular complexity index is 430. The highest BCUT2D eigenvalue weighted by atomic mass is 16.3. The molecule has 0 amide bonds. The van der Waals surface area contributed by atoms with E-state index in [0.29, 0.717) is 12.6 Å². The lowest BCUT2D eigenvalue weighted by Crippen LogP contribution is -2.47. The fourth-order valence-corrected chi connectivity index (χ4v) is 3.32. The lowest BCUT2D eigenvalue weighted by molar-refractivity contribution is 0.0771. The summed E-state index contributed by atoms with van der Waals surface area (Å²) in [6.45, 7) is 6.04. The molecular formula is C16H26N2O2. The minimum atomic E-state index is 0.111. The van der Waals surface area contributed by atoms with Crippen molar-refractivity contribution >= 4 is 0 Å². The summed E-state index contributed by atoms with van der Waals surface area (Å²) in [5.41, 5.74) is 6.89. The van der Waals surface area contributed by atoms with E-state index in [1.807, 2.05) is 0 Å². The number of piperidine rings is 1. The van der Waals surface area contributed by atoms with Gasteiger partial charge in [0.2, 0.25) is 0 Å². The van der Waals surface area contributed by atoms with Gasteiger partial charge in [0, 0.05) is 24.7 Å². The summed E-state index contributed by atoms with van der Waals surface area (Å²) >= 11 is 0. The summed E-state index contributed by atoms with van der Waals surface area (Å²) in [5, 5.41) is 19.3. The van der Waals surface area contributed by atoms with Gasteiger partial charge in [-0.1, -0.05) is 13.3 Å². The number of benzene rings is 1. The van der Waals surface area contributed by atoms with Gasteiger partial charge in [-0.15, -0.1) is 0 Å². The molecule has 112 valence electrons. The fourth-order valence-electron chi connectivity index (χ4n) is 3.32. The van der Waals surface area contributed by atoms with Crippen molar-refractivity contribution in [1.29, 1.82) is 0 Å². The minimum absolute atomic E-state index is 0.111. The molecule has 0 bridgehead atoms. The van der Waals surface area contributed by atoms with Crippen LogP contribution < -0.4 is 5.73 Å². The highest BCUT2D eigenvalue weighted by Gasteiger charge is 2.30. The summed E-state index contributed by atoms with van der Waals surface area (Å²) in [5.74, 6) is 0.990. The van der Waals surface area contributed by atoms with Crippen molar-refractivity contribution in [2.45, 2.75) is 45.2 Å². The Balaban J connectivity index is 2.16. The molecular weight excluding hydrogens is 252 g/mol. The molecule has 1 heterocycles. The summed E-state index contributed by atoms with van der Waals surface area (Å²) in [6.07, 6.45) is 3.55. The summed E-state index contributed by atoms with van der Waals surface area (Å²) in [6, 6.07) is 5.35. The SMILES string of the molecule is CCC1CCN(C(C)c2cc(O)cc(O)c2)C(CN)C1. The van der Waals surface area contributed by atoms with E-state index in [1.165, 1.54) is 18.9 Å². The maximum absolute atomic E-state index is 9.64. The van der Waals surface area contributed by atoms with Gasteiger partial charge in [-0.05, 0) is 49.9 Å². The van der Waals surface area contributed by atoms with E-state index < -0.39 is 0 Å². The average molecular weight is 278 g/mol. The summed E-state index contributed by atoms with van der Waals surface area (Å²) < 4.78 is 0. The Morgan fingerprint density at radius 1 is 1.30 bits per heavy atom. The van der Waals surface area contributed by atoms with Gasteiger partial charge in [-0.2, -0.15) is 0 Å². The van der Waals surface area contributed by atoms with Gasteiger partial charge in [0.05, 0.1) is 0 Å². The van der Waals surface area contributed by atoms with Crippen LogP contribution >= 0.6 is 0 Å². The Labute approximate surface area is 121 Å². The van der Waals surface area contributed by atoms with Crippen molar-refractivity contribution in [3.05, 3.63) is 23.8 Å². The third kappa shape index (κ3) is 3.25. The van der Waals surface area contributed by atoms with Crippen LogP contribution in [0, 0.1) is 5.92 Å². The zero-order valence-electron chi connectivity index (χ0n) is 12.4. The van der Waals surface area contributed by atoms with E-state index in [4.69, 9.17) is 5.73 Å². The van der Waals surface area contributed by atoms with Gasteiger partial charge in [0.25, 0.3) is 0 Å². The minimum Gasteiger partial charge on any atom is -0.508 e. The fraction of sp³-hybridized carbons (Fsp3) is 0.625. The van der Waals surface area contributed by atoms with E-state index in [2.05, 4.69) is 18.7 Å². The van der Waals surface area contributed by atoms with Crippen molar-refractivity contribution in [3.8, 4) is 11.5 Å². The first-order valence-electron chi connectivity index (χ1n) is 7.53. The Kier molecular flexibility index (Phi) is 4.89. The second kappa shape index (κ2) is 6.46. The highest BCUT2D eigenvalue weighted by Crippen LogP contribution is 2.34. The number of phenols is 2. The van der Waals surface area contributed by atoms with E-state index in [1.54, 1.807) is 12.1 Å². The van der Waals surface area contributed by atoms with Crippen molar-refractivity contribution in [2.75, 3.05) is 13.1 Å². The molecule has 1 aliphatic heterocycles. The van der Waals surface area contributed by atoms with Gasteiger partial charge in [-0.25, -0.2) is 0 Å². The predicted octanol–water partition coefficient (Wildman–Crippen LogP) is 2.61. The highest BCUT2D eigenvalue weighted by molar-refractivity contribution is 5.38. The third-order valence-electron chi connectivity index (χ3n) is 4.62. The molecule has 20 heavy (non-hydrogen) atoms. The molecule has 0 radical (unpaired) electrons. The second-order valence-electron chi connectivity index (χ2n) is 5.88. The molecule has 4 heteroatoms. The molecule has 1 aromatic rings. The molecule has 0 aromatic heterocycles. The Morgan fingerprint density at radius 3 is 2.50 bits per heavy atom. The number of hydrogen-bond acceptors (Lipinski definition) is 4. The molecule has 1 aromatic carbocycles. The number of phenolic OH excluding ortho intramolecular Hbond substituents is 2.